The minimum Gasteiger partial charge on any atom is -0.495 e. The normalized spacial score (nSPS) is 10.7. The molecule has 0 aliphatic rings. The van der Waals surface area contributed by atoms with Crippen molar-refractivity contribution in [1.82, 2.24) is 10.2 Å². The van der Waals surface area contributed by atoms with Gasteiger partial charge in [0.05, 0.1) is 23.2 Å². The van der Waals surface area contributed by atoms with E-state index in [9.17, 15) is 4.39 Å². The fourth-order valence-electron chi connectivity index (χ4n) is 2.10. The van der Waals surface area contributed by atoms with Crippen LogP contribution in [0.3, 0.4) is 0 Å². The number of thiophene rings is 1. The molecule has 0 saturated carbocycles. The van der Waals surface area contributed by atoms with Crippen molar-refractivity contribution in [2.24, 2.45) is 0 Å². The maximum absolute atomic E-state index is 14.0. The SMILES string of the molecule is COc1ccsc1-c1[nH]nc(N)c1-c1ccccc1F. The predicted molar refractivity (Wildman–Crippen MR) is 78.3 cm³/mol. The Bertz CT molecular complexity index is 750. The van der Waals surface area contributed by atoms with E-state index in [2.05, 4.69) is 10.2 Å². The lowest BCUT2D eigenvalue weighted by molar-refractivity contribution is 0.418. The summed E-state index contributed by atoms with van der Waals surface area (Å²) in [5, 5.41) is 8.77. The molecule has 6 heteroatoms. The highest BCUT2D eigenvalue weighted by atomic mass is 32.1. The number of nitrogen functional groups attached to an aromatic ring is 1. The third-order valence-electron chi connectivity index (χ3n) is 3.01. The molecule has 1 aromatic carbocycles. The molecule has 2 aromatic heterocycles. The first-order chi connectivity index (χ1) is 9.72. The molecule has 0 atom stereocenters. The van der Waals surface area contributed by atoms with Crippen molar-refractivity contribution in [1.29, 1.82) is 0 Å². The summed E-state index contributed by atoms with van der Waals surface area (Å²) in [5.74, 6) is 0.633. The lowest BCUT2D eigenvalue weighted by Crippen LogP contribution is -1.91. The molecule has 0 aliphatic heterocycles. The zero-order valence-corrected chi connectivity index (χ0v) is 11.5. The van der Waals surface area contributed by atoms with Crippen LogP contribution in [0, 0.1) is 5.82 Å². The molecule has 0 unspecified atom stereocenters. The van der Waals surface area contributed by atoms with Crippen molar-refractivity contribution in [2.75, 3.05) is 12.8 Å². The van der Waals surface area contributed by atoms with Gasteiger partial charge in [-0.1, -0.05) is 18.2 Å². The van der Waals surface area contributed by atoms with Crippen molar-refractivity contribution in [3.05, 3.63) is 41.5 Å². The predicted octanol–water partition coefficient (Wildman–Crippen LogP) is 3.54. The number of hydrogen-bond donors (Lipinski definition) is 2. The Balaban J connectivity index is 2.23. The zero-order chi connectivity index (χ0) is 14.1. The van der Waals surface area contributed by atoms with Crippen LogP contribution < -0.4 is 10.5 Å². The van der Waals surface area contributed by atoms with Crippen molar-refractivity contribution in [3.8, 4) is 27.4 Å². The Hall–Kier alpha value is -2.34. The van der Waals surface area contributed by atoms with Crippen LogP contribution in [-0.2, 0) is 0 Å². The van der Waals surface area contributed by atoms with Crippen LogP contribution in [0.5, 0.6) is 5.75 Å². The summed E-state index contributed by atoms with van der Waals surface area (Å²) >= 11 is 1.48. The molecule has 0 aliphatic carbocycles. The first-order valence-corrected chi connectivity index (χ1v) is 6.81. The third-order valence-corrected chi connectivity index (χ3v) is 3.93. The van der Waals surface area contributed by atoms with Crippen LogP contribution in [0.1, 0.15) is 0 Å². The number of nitrogens with one attached hydrogen (secondary N) is 1. The number of benzene rings is 1. The minimum absolute atomic E-state index is 0.264. The van der Waals surface area contributed by atoms with E-state index in [1.807, 2.05) is 11.4 Å². The number of rotatable bonds is 3. The first-order valence-electron chi connectivity index (χ1n) is 5.93. The van der Waals surface area contributed by atoms with E-state index >= 15 is 0 Å². The van der Waals surface area contributed by atoms with E-state index in [0.717, 1.165) is 4.88 Å². The molecular formula is C14H12FN3OS. The van der Waals surface area contributed by atoms with Crippen molar-refractivity contribution >= 4 is 17.2 Å². The van der Waals surface area contributed by atoms with Gasteiger partial charge in [0, 0.05) is 5.56 Å². The fourth-order valence-corrected chi connectivity index (χ4v) is 2.96. The number of anilines is 1. The van der Waals surface area contributed by atoms with Gasteiger partial charge in [-0.15, -0.1) is 11.3 Å². The van der Waals surface area contributed by atoms with E-state index in [-0.39, 0.29) is 11.6 Å². The number of methoxy groups -OCH3 is 1. The smallest absolute Gasteiger partial charge is 0.153 e. The summed E-state index contributed by atoms with van der Waals surface area (Å²) < 4.78 is 19.3. The number of hydrogen-bond acceptors (Lipinski definition) is 4. The fraction of sp³-hybridized carbons (Fsp3) is 0.0714. The number of nitrogens with two attached hydrogens (primary N) is 1. The molecule has 20 heavy (non-hydrogen) atoms. The average molecular weight is 289 g/mol. The molecule has 0 amide bonds. The maximum Gasteiger partial charge on any atom is 0.153 e. The zero-order valence-electron chi connectivity index (χ0n) is 10.7. The second-order valence-electron chi connectivity index (χ2n) is 4.16. The highest BCUT2D eigenvalue weighted by Gasteiger charge is 2.20. The average Bonchev–Trinajstić information content (AvgIpc) is 3.05. The second-order valence-corrected chi connectivity index (χ2v) is 5.07. The molecule has 3 N–H and O–H groups in total. The standard InChI is InChI=1S/C14H12FN3OS/c1-19-10-6-7-20-13(10)12-11(14(16)18-17-12)8-4-2-3-5-9(8)15/h2-7H,1H3,(H3,16,17,18). The Kier molecular flexibility index (Phi) is 3.15. The molecule has 3 aromatic rings. The van der Waals surface area contributed by atoms with Gasteiger partial charge in [-0.2, -0.15) is 5.10 Å². The van der Waals surface area contributed by atoms with Gasteiger partial charge in [0.15, 0.2) is 5.82 Å². The van der Waals surface area contributed by atoms with Gasteiger partial charge in [-0.05, 0) is 17.5 Å². The summed E-state index contributed by atoms with van der Waals surface area (Å²) in [6.07, 6.45) is 0. The molecule has 0 radical (unpaired) electrons. The number of aromatic amines is 1. The van der Waals surface area contributed by atoms with Crippen molar-refractivity contribution in [2.45, 2.75) is 0 Å². The topological polar surface area (TPSA) is 63.9 Å². The molecule has 4 nitrogen and oxygen atoms in total. The molecular weight excluding hydrogens is 277 g/mol. The largest absolute Gasteiger partial charge is 0.495 e. The lowest BCUT2D eigenvalue weighted by Gasteiger charge is -2.06. The summed E-state index contributed by atoms with van der Waals surface area (Å²) in [5.41, 5.74) is 7.54. The van der Waals surface area contributed by atoms with Gasteiger partial charge in [0.2, 0.25) is 0 Å². The number of aromatic nitrogens is 2. The van der Waals surface area contributed by atoms with Gasteiger partial charge in [-0.3, -0.25) is 5.10 Å². The molecule has 0 bridgehead atoms. The second kappa shape index (κ2) is 4.97. The molecule has 102 valence electrons. The molecule has 0 spiro atoms. The van der Waals surface area contributed by atoms with E-state index in [1.165, 1.54) is 17.4 Å². The van der Waals surface area contributed by atoms with Crippen LogP contribution in [0.4, 0.5) is 10.2 Å². The van der Waals surface area contributed by atoms with Crippen LogP contribution in [-0.4, -0.2) is 17.3 Å². The Morgan fingerprint density at radius 3 is 2.85 bits per heavy atom. The summed E-state index contributed by atoms with van der Waals surface area (Å²) in [4.78, 5) is 0.843. The number of ether oxygens (including phenoxy) is 1. The van der Waals surface area contributed by atoms with E-state index in [0.29, 0.717) is 22.6 Å². The van der Waals surface area contributed by atoms with Gasteiger partial charge in [-0.25, -0.2) is 4.39 Å². The highest BCUT2D eigenvalue weighted by Crippen LogP contribution is 2.42. The van der Waals surface area contributed by atoms with Gasteiger partial charge >= 0.3 is 0 Å². The Morgan fingerprint density at radius 1 is 1.30 bits per heavy atom. The van der Waals surface area contributed by atoms with E-state index < -0.39 is 0 Å². The minimum atomic E-state index is -0.336. The first kappa shape index (κ1) is 12.7. The molecule has 2 heterocycles. The van der Waals surface area contributed by atoms with Gasteiger partial charge in [0.1, 0.15) is 11.6 Å². The molecule has 3 rings (SSSR count). The Labute approximate surface area is 119 Å². The van der Waals surface area contributed by atoms with Crippen molar-refractivity contribution < 1.29 is 9.13 Å². The number of nitrogens with zero attached hydrogens (tertiary/aromatic N) is 1. The van der Waals surface area contributed by atoms with Crippen LogP contribution >= 0.6 is 11.3 Å². The molecule has 0 fully saturated rings. The Morgan fingerprint density at radius 2 is 2.10 bits per heavy atom. The summed E-state index contributed by atoms with van der Waals surface area (Å²) in [7, 11) is 1.59. The van der Waals surface area contributed by atoms with E-state index in [1.54, 1.807) is 25.3 Å². The quantitative estimate of drug-likeness (QED) is 0.775. The van der Waals surface area contributed by atoms with Gasteiger partial charge < -0.3 is 10.5 Å². The lowest BCUT2D eigenvalue weighted by atomic mass is 10.0. The van der Waals surface area contributed by atoms with Crippen LogP contribution in [0.25, 0.3) is 21.7 Å². The highest BCUT2D eigenvalue weighted by molar-refractivity contribution is 7.14. The van der Waals surface area contributed by atoms with Crippen molar-refractivity contribution in [3.63, 3.8) is 0 Å². The van der Waals surface area contributed by atoms with Gasteiger partial charge in [0.25, 0.3) is 0 Å². The third kappa shape index (κ3) is 1.94. The summed E-state index contributed by atoms with van der Waals surface area (Å²) in [6, 6.07) is 8.33. The molecule has 0 saturated heterocycles. The van der Waals surface area contributed by atoms with E-state index in [4.69, 9.17) is 10.5 Å². The van der Waals surface area contributed by atoms with Crippen LogP contribution in [0.15, 0.2) is 35.7 Å². The number of H-pyrrole nitrogens is 1. The maximum atomic E-state index is 14.0. The summed E-state index contributed by atoms with van der Waals surface area (Å²) in [6.45, 7) is 0. The van der Waals surface area contributed by atoms with Crippen LogP contribution in [0.2, 0.25) is 0 Å². The monoisotopic (exact) mass is 289 g/mol. The number of halogens is 1.